The van der Waals surface area contributed by atoms with Gasteiger partial charge in [0.1, 0.15) is 11.5 Å². The molecule has 0 spiro atoms. The Hall–Kier alpha value is -4.14. The van der Waals surface area contributed by atoms with Crippen molar-refractivity contribution in [3.05, 3.63) is 84.2 Å². The number of benzene rings is 3. The average molecular weight is 479 g/mol. The summed E-state index contributed by atoms with van der Waals surface area (Å²) >= 11 is 0. The molecule has 1 saturated heterocycles. The number of hydrogen-bond acceptors (Lipinski definition) is 4. The third-order valence-electron chi connectivity index (χ3n) is 6.03. The third-order valence-corrected chi connectivity index (χ3v) is 6.03. The summed E-state index contributed by atoms with van der Waals surface area (Å²) in [5.74, 6) is -5.72. The highest BCUT2D eigenvalue weighted by atomic mass is 19.3. The lowest BCUT2D eigenvalue weighted by atomic mass is 9.99. The molecule has 9 heteroatoms. The van der Waals surface area contributed by atoms with Gasteiger partial charge in [-0.1, -0.05) is 35.5 Å². The quantitative estimate of drug-likeness (QED) is 0.424. The summed E-state index contributed by atoms with van der Waals surface area (Å²) in [4.78, 5) is 26.6. The maximum atomic E-state index is 13.6. The molecule has 2 heterocycles. The van der Waals surface area contributed by atoms with Gasteiger partial charge in [0.15, 0.2) is 5.58 Å². The summed E-state index contributed by atoms with van der Waals surface area (Å²) in [6, 6.07) is 18.3. The second-order valence-electron chi connectivity index (χ2n) is 8.51. The molecule has 4 aromatic rings. The predicted molar refractivity (Wildman–Crippen MR) is 123 cm³/mol. The van der Waals surface area contributed by atoms with Gasteiger partial charge in [-0.05, 0) is 42.0 Å². The van der Waals surface area contributed by atoms with Crippen LogP contribution in [0.2, 0.25) is 0 Å². The minimum atomic E-state index is -3.58. The lowest BCUT2D eigenvalue weighted by molar-refractivity contribution is -0.143. The first-order chi connectivity index (χ1) is 16.7. The van der Waals surface area contributed by atoms with Crippen LogP contribution in [0.5, 0.6) is 0 Å². The molecule has 5 rings (SSSR count). The number of halogens is 3. The summed E-state index contributed by atoms with van der Waals surface area (Å²) in [6.45, 7) is 0.519. The number of carbonyl (C=O) groups excluding carboxylic acids is 2. The van der Waals surface area contributed by atoms with Crippen molar-refractivity contribution < 1.29 is 27.3 Å². The topological polar surface area (TPSA) is 75.4 Å². The second kappa shape index (κ2) is 8.57. The van der Waals surface area contributed by atoms with Crippen LogP contribution in [0.25, 0.3) is 22.2 Å². The molecule has 178 valence electrons. The number of amides is 2. The van der Waals surface area contributed by atoms with E-state index >= 15 is 0 Å². The summed E-state index contributed by atoms with van der Waals surface area (Å²) in [5, 5.41) is 7.11. The van der Waals surface area contributed by atoms with Gasteiger partial charge in [0.05, 0.1) is 12.1 Å². The lowest BCUT2D eigenvalue weighted by Gasteiger charge is -2.29. The van der Waals surface area contributed by atoms with E-state index in [1.165, 1.54) is 17.0 Å². The van der Waals surface area contributed by atoms with Crippen molar-refractivity contribution >= 4 is 28.5 Å². The van der Waals surface area contributed by atoms with Crippen LogP contribution < -0.4 is 10.2 Å². The molecule has 0 saturated carbocycles. The first-order valence-electron chi connectivity index (χ1n) is 10.9. The second-order valence-corrected chi connectivity index (χ2v) is 8.51. The zero-order chi connectivity index (χ0) is 24.7. The van der Waals surface area contributed by atoms with Crippen LogP contribution in [0.15, 0.2) is 77.3 Å². The molecule has 1 aliphatic heterocycles. The number of alkyl halides is 2. The molecule has 1 aromatic heterocycles. The Labute approximate surface area is 198 Å². The van der Waals surface area contributed by atoms with Gasteiger partial charge in [-0.2, -0.15) is 8.78 Å². The molecule has 2 amide bonds. The van der Waals surface area contributed by atoms with E-state index in [1.807, 2.05) is 0 Å². The Balaban J connectivity index is 1.53. The maximum Gasteiger partial charge on any atom is 0.321 e. The fraction of sp³-hybridized carbons (Fsp3) is 0.192. The molecule has 3 aromatic carbocycles. The van der Waals surface area contributed by atoms with Crippen LogP contribution in [0, 0.1) is 5.82 Å². The normalized spacial score (nSPS) is 18.3. The Bertz CT molecular complexity index is 1400. The Kier molecular flexibility index (Phi) is 5.55. The number of rotatable bonds is 5. The van der Waals surface area contributed by atoms with Crippen LogP contribution in [0.1, 0.15) is 24.9 Å². The fourth-order valence-corrected chi connectivity index (χ4v) is 4.39. The van der Waals surface area contributed by atoms with Crippen molar-refractivity contribution in [1.82, 2.24) is 10.5 Å². The summed E-state index contributed by atoms with van der Waals surface area (Å²) in [7, 11) is 0. The lowest BCUT2D eigenvalue weighted by Crippen LogP contribution is -2.46. The number of nitrogens with one attached hydrogen (secondary N) is 1. The fourth-order valence-electron chi connectivity index (χ4n) is 4.39. The maximum absolute atomic E-state index is 13.6. The van der Waals surface area contributed by atoms with E-state index in [1.54, 1.807) is 60.7 Å². The minimum absolute atomic E-state index is 0.142. The van der Waals surface area contributed by atoms with Crippen LogP contribution in [0.4, 0.5) is 18.9 Å². The van der Waals surface area contributed by atoms with E-state index < -0.39 is 23.9 Å². The number of hydrogen-bond donors (Lipinski definition) is 1. The molecule has 0 aliphatic carbocycles. The molecular weight excluding hydrogens is 459 g/mol. The van der Waals surface area contributed by atoms with Crippen molar-refractivity contribution in [2.75, 3.05) is 4.90 Å². The van der Waals surface area contributed by atoms with E-state index in [4.69, 9.17) is 4.52 Å². The largest absolute Gasteiger partial charge is 0.356 e. The van der Waals surface area contributed by atoms with E-state index in [0.717, 1.165) is 0 Å². The number of carbonyl (C=O) groups is 2. The Morgan fingerprint density at radius 1 is 1.09 bits per heavy atom. The highest BCUT2D eigenvalue weighted by Gasteiger charge is 2.45. The van der Waals surface area contributed by atoms with Crippen LogP contribution in [-0.4, -0.2) is 28.9 Å². The van der Waals surface area contributed by atoms with Crippen LogP contribution in [0.3, 0.4) is 0 Å². The van der Waals surface area contributed by atoms with Crippen molar-refractivity contribution in [3.8, 4) is 11.3 Å². The van der Waals surface area contributed by atoms with Crippen LogP contribution in [-0.2, 0) is 9.59 Å². The minimum Gasteiger partial charge on any atom is -0.356 e. The Morgan fingerprint density at radius 3 is 2.49 bits per heavy atom. The molecule has 0 radical (unpaired) electrons. The number of anilines is 1. The summed E-state index contributed by atoms with van der Waals surface area (Å²) < 4.78 is 46.0. The van der Waals surface area contributed by atoms with Gasteiger partial charge in [-0.3, -0.25) is 9.59 Å². The first-order valence-corrected chi connectivity index (χ1v) is 10.9. The molecule has 35 heavy (non-hydrogen) atoms. The highest BCUT2D eigenvalue weighted by Crippen LogP contribution is 2.40. The zero-order valence-corrected chi connectivity index (χ0v) is 18.5. The Morgan fingerprint density at radius 2 is 1.80 bits per heavy atom. The highest BCUT2D eigenvalue weighted by molar-refractivity contribution is 6.01. The molecule has 1 aliphatic rings. The SMILES string of the molecule is CC(F)(F)C(=O)N[C@H]1CC(=O)N(c2ccc3c(-c4ccc(F)cc4)noc3c2)[C@@H]1c1ccccc1. The van der Waals surface area contributed by atoms with E-state index in [9.17, 15) is 22.8 Å². The molecule has 6 nitrogen and oxygen atoms in total. The van der Waals surface area contributed by atoms with Gasteiger partial charge >= 0.3 is 5.92 Å². The van der Waals surface area contributed by atoms with Crippen molar-refractivity contribution in [1.29, 1.82) is 0 Å². The van der Waals surface area contributed by atoms with E-state index in [-0.39, 0.29) is 18.1 Å². The van der Waals surface area contributed by atoms with Gasteiger partial charge in [0.2, 0.25) is 5.91 Å². The zero-order valence-electron chi connectivity index (χ0n) is 18.5. The third kappa shape index (κ3) is 4.25. The number of nitrogens with zero attached hydrogens (tertiary/aromatic N) is 2. The molecular formula is C26H20F3N3O3. The molecule has 2 atom stereocenters. The van der Waals surface area contributed by atoms with E-state index in [2.05, 4.69) is 10.5 Å². The van der Waals surface area contributed by atoms with Crippen LogP contribution >= 0.6 is 0 Å². The van der Waals surface area contributed by atoms with Gasteiger partial charge in [0.25, 0.3) is 5.91 Å². The summed E-state index contributed by atoms with van der Waals surface area (Å²) in [6.07, 6.45) is -0.142. The monoisotopic (exact) mass is 479 g/mol. The summed E-state index contributed by atoms with van der Waals surface area (Å²) in [5.41, 5.74) is 2.75. The number of fused-ring (bicyclic) bond motifs is 1. The standard InChI is InChI=1S/C26H20F3N3O3/c1-26(28,29)25(34)30-20-14-22(33)32(24(20)16-5-3-2-4-6-16)18-11-12-19-21(13-18)35-31-23(19)15-7-9-17(27)10-8-15/h2-13,20,24H,14H2,1H3,(H,30,34)/t20-,24+/m0/s1. The smallest absolute Gasteiger partial charge is 0.321 e. The molecule has 1 fully saturated rings. The molecule has 0 unspecified atom stereocenters. The molecule has 0 bridgehead atoms. The molecule has 1 N–H and O–H groups in total. The van der Waals surface area contributed by atoms with Gasteiger partial charge in [0, 0.05) is 36.0 Å². The van der Waals surface area contributed by atoms with Crippen molar-refractivity contribution in [3.63, 3.8) is 0 Å². The predicted octanol–water partition coefficient (Wildman–Crippen LogP) is 5.25. The van der Waals surface area contributed by atoms with Crippen molar-refractivity contribution in [2.24, 2.45) is 0 Å². The van der Waals surface area contributed by atoms with Crippen molar-refractivity contribution in [2.45, 2.75) is 31.4 Å². The van der Waals surface area contributed by atoms with E-state index in [0.29, 0.717) is 40.4 Å². The van der Waals surface area contributed by atoms with Gasteiger partial charge < -0.3 is 14.7 Å². The number of aromatic nitrogens is 1. The van der Waals surface area contributed by atoms with Gasteiger partial charge in [-0.15, -0.1) is 0 Å². The first kappa shape index (κ1) is 22.6. The average Bonchev–Trinajstić information content (AvgIpc) is 3.39. The van der Waals surface area contributed by atoms with Gasteiger partial charge in [-0.25, -0.2) is 4.39 Å².